The van der Waals surface area contributed by atoms with Gasteiger partial charge in [0.1, 0.15) is 16.3 Å². The second-order valence-corrected chi connectivity index (χ2v) is 8.26. The molecule has 0 unspecified atom stereocenters. The molecule has 35 heavy (non-hydrogen) atoms. The van der Waals surface area contributed by atoms with E-state index in [1.165, 1.54) is 17.4 Å². The zero-order chi connectivity index (χ0) is 25.2. The summed E-state index contributed by atoms with van der Waals surface area (Å²) in [6.07, 6.45) is 4.06. The van der Waals surface area contributed by atoms with E-state index in [4.69, 9.17) is 18.9 Å². The minimum Gasteiger partial charge on any atom is -0.494 e. The first-order valence-electron chi connectivity index (χ1n) is 11.2. The molecule has 0 aliphatic carbocycles. The van der Waals surface area contributed by atoms with Crippen molar-refractivity contribution < 1.29 is 28.5 Å². The summed E-state index contributed by atoms with van der Waals surface area (Å²) in [5, 5.41) is 5.03. The van der Waals surface area contributed by atoms with Crippen molar-refractivity contribution in [3.63, 3.8) is 0 Å². The number of carbonyl (C=O) groups is 2. The van der Waals surface area contributed by atoms with Crippen LogP contribution in [-0.4, -0.2) is 39.3 Å². The third kappa shape index (κ3) is 6.64. The molecule has 1 amide bonds. The summed E-state index contributed by atoms with van der Waals surface area (Å²) < 4.78 is 21.5. The van der Waals surface area contributed by atoms with Gasteiger partial charge in [-0.15, -0.1) is 11.3 Å². The molecule has 184 valence electrons. The molecule has 7 nitrogen and oxygen atoms in total. The van der Waals surface area contributed by atoms with Crippen LogP contribution in [0.5, 0.6) is 17.2 Å². The Kier molecular flexibility index (Phi) is 9.31. The lowest BCUT2D eigenvalue weighted by Gasteiger charge is -2.11. The zero-order valence-corrected chi connectivity index (χ0v) is 21.1. The number of amides is 1. The Morgan fingerprint density at radius 3 is 2.40 bits per heavy atom. The lowest BCUT2D eigenvalue weighted by molar-refractivity contribution is -0.111. The van der Waals surface area contributed by atoms with E-state index in [0.717, 1.165) is 23.3 Å². The molecule has 3 aromatic rings. The number of nitrogens with one attached hydrogen (secondary N) is 1. The molecule has 1 N–H and O–H groups in total. The summed E-state index contributed by atoms with van der Waals surface area (Å²) in [5.41, 5.74) is 2.52. The van der Waals surface area contributed by atoms with Crippen molar-refractivity contribution in [3.8, 4) is 28.4 Å². The molecule has 0 saturated heterocycles. The zero-order valence-electron chi connectivity index (χ0n) is 20.3. The molecule has 2 aromatic carbocycles. The van der Waals surface area contributed by atoms with Gasteiger partial charge in [-0.25, -0.2) is 4.79 Å². The highest BCUT2D eigenvalue weighted by Gasteiger charge is 2.23. The number of anilines is 1. The number of benzene rings is 2. The van der Waals surface area contributed by atoms with Crippen LogP contribution >= 0.6 is 11.3 Å². The molecule has 8 heteroatoms. The number of esters is 1. The highest BCUT2D eigenvalue weighted by molar-refractivity contribution is 7.15. The standard InChI is InChI=1S/C27H29NO6S/c1-5-15-34-20-11-7-18(8-12-20)9-14-24(29)28-26-25(27(30)33-6-2)21(17-35-26)19-10-13-22(31-3)23(16-19)32-4/h7-14,16-17H,5-6,15H2,1-4H3,(H,28,29)/b14-9+. The fraction of sp³-hybridized carbons (Fsp3) is 0.259. The molecule has 0 aliphatic rings. The van der Waals surface area contributed by atoms with E-state index in [1.54, 1.807) is 39.4 Å². The molecule has 0 aliphatic heterocycles. The van der Waals surface area contributed by atoms with Crippen LogP contribution in [0.1, 0.15) is 36.2 Å². The topological polar surface area (TPSA) is 83.1 Å². The number of rotatable bonds is 11. The molecule has 0 atom stereocenters. The maximum absolute atomic E-state index is 12.8. The summed E-state index contributed by atoms with van der Waals surface area (Å²) in [6.45, 7) is 4.66. The van der Waals surface area contributed by atoms with Crippen molar-refractivity contribution in [2.75, 3.05) is 32.8 Å². The van der Waals surface area contributed by atoms with Crippen LogP contribution in [0, 0.1) is 0 Å². The fourth-order valence-electron chi connectivity index (χ4n) is 3.29. The van der Waals surface area contributed by atoms with Crippen molar-refractivity contribution in [2.45, 2.75) is 20.3 Å². The molecular weight excluding hydrogens is 466 g/mol. The van der Waals surface area contributed by atoms with Gasteiger partial charge < -0.3 is 24.3 Å². The second kappa shape index (κ2) is 12.6. The van der Waals surface area contributed by atoms with Crippen LogP contribution in [0.2, 0.25) is 0 Å². The molecule has 0 bridgehead atoms. The fourth-order valence-corrected chi connectivity index (χ4v) is 4.25. The van der Waals surface area contributed by atoms with Crippen LogP contribution in [0.15, 0.2) is 53.9 Å². The van der Waals surface area contributed by atoms with E-state index >= 15 is 0 Å². The first kappa shape index (κ1) is 25.8. The molecule has 0 saturated carbocycles. The van der Waals surface area contributed by atoms with Gasteiger partial charge in [0.25, 0.3) is 0 Å². The largest absolute Gasteiger partial charge is 0.494 e. The summed E-state index contributed by atoms with van der Waals surface area (Å²) in [6, 6.07) is 12.8. The van der Waals surface area contributed by atoms with E-state index < -0.39 is 5.97 Å². The smallest absolute Gasteiger partial charge is 0.341 e. The molecular formula is C27H29NO6S. The predicted octanol–water partition coefficient (Wildman–Crippen LogP) is 6.05. The minimum absolute atomic E-state index is 0.214. The summed E-state index contributed by atoms with van der Waals surface area (Å²) >= 11 is 1.25. The van der Waals surface area contributed by atoms with Crippen molar-refractivity contribution in [1.29, 1.82) is 0 Å². The number of hydrogen-bond acceptors (Lipinski definition) is 7. The van der Waals surface area contributed by atoms with Crippen molar-refractivity contribution in [2.24, 2.45) is 0 Å². The SMILES string of the molecule is CCCOc1ccc(/C=C/C(=O)Nc2scc(-c3ccc(OC)c(OC)c3)c2C(=O)OCC)cc1. The second-order valence-electron chi connectivity index (χ2n) is 7.38. The molecule has 0 spiro atoms. The van der Waals surface area contributed by atoms with E-state index in [0.29, 0.717) is 34.2 Å². The third-order valence-corrected chi connectivity index (χ3v) is 5.88. The van der Waals surface area contributed by atoms with Gasteiger partial charge in [0.05, 0.1) is 27.4 Å². The third-order valence-electron chi connectivity index (χ3n) is 4.98. The van der Waals surface area contributed by atoms with E-state index in [1.807, 2.05) is 42.6 Å². The van der Waals surface area contributed by atoms with Crippen LogP contribution in [-0.2, 0) is 9.53 Å². The van der Waals surface area contributed by atoms with Crippen LogP contribution in [0.25, 0.3) is 17.2 Å². The molecule has 0 radical (unpaired) electrons. The first-order chi connectivity index (χ1) is 17.0. The average Bonchev–Trinajstić information content (AvgIpc) is 3.30. The highest BCUT2D eigenvalue weighted by Crippen LogP contribution is 2.39. The van der Waals surface area contributed by atoms with Crippen molar-refractivity contribution in [3.05, 3.63) is 65.0 Å². The van der Waals surface area contributed by atoms with Gasteiger partial charge in [-0.1, -0.05) is 25.1 Å². The molecule has 1 heterocycles. The lowest BCUT2D eigenvalue weighted by atomic mass is 10.0. The predicted molar refractivity (Wildman–Crippen MR) is 139 cm³/mol. The Bertz CT molecular complexity index is 1180. The Balaban J connectivity index is 1.83. The summed E-state index contributed by atoms with van der Waals surface area (Å²) in [7, 11) is 3.10. The van der Waals surface area contributed by atoms with Gasteiger partial charge in [-0.3, -0.25) is 4.79 Å². The van der Waals surface area contributed by atoms with E-state index in [9.17, 15) is 9.59 Å². The lowest BCUT2D eigenvalue weighted by Crippen LogP contribution is -2.12. The van der Waals surface area contributed by atoms with Crippen molar-refractivity contribution in [1.82, 2.24) is 0 Å². The van der Waals surface area contributed by atoms with Crippen molar-refractivity contribution >= 4 is 34.3 Å². The highest BCUT2D eigenvalue weighted by atomic mass is 32.1. The van der Waals surface area contributed by atoms with E-state index in [-0.39, 0.29) is 12.5 Å². The van der Waals surface area contributed by atoms with Gasteiger partial charge in [0.2, 0.25) is 5.91 Å². The number of methoxy groups -OCH3 is 2. The molecule has 3 rings (SSSR count). The summed E-state index contributed by atoms with van der Waals surface area (Å²) in [4.78, 5) is 25.5. The number of hydrogen-bond donors (Lipinski definition) is 1. The molecule has 0 fully saturated rings. The molecule has 1 aromatic heterocycles. The number of thiophene rings is 1. The van der Waals surface area contributed by atoms with Gasteiger partial charge >= 0.3 is 5.97 Å². The van der Waals surface area contributed by atoms with Gasteiger partial charge in [0.15, 0.2) is 11.5 Å². The Hall–Kier alpha value is -3.78. The quantitative estimate of drug-likeness (QED) is 0.258. The maximum atomic E-state index is 12.8. The van der Waals surface area contributed by atoms with Gasteiger partial charge in [0, 0.05) is 17.0 Å². The van der Waals surface area contributed by atoms with Gasteiger partial charge in [-0.05, 0) is 54.8 Å². The van der Waals surface area contributed by atoms with Crippen LogP contribution < -0.4 is 19.5 Å². The number of carbonyl (C=O) groups excluding carboxylic acids is 2. The van der Waals surface area contributed by atoms with E-state index in [2.05, 4.69) is 5.32 Å². The monoisotopic (exact) mass is 495 g/mol. The van der Waals surface area contributed by atoms with Crippen LogP contribution in [0.4, 0.5) is 5.00 Å². The van der Waals surface area contributed by atoms with Gasteiger partial charge in [-0.2, -0.15) is 0 Å². The Morgan fingerprint density at radius 2 is 1.74 bits per heavy atom. The normalized spacial score (nSPS) is 10.7. The Labute approximate surface area is 209 Å². The van der Waals surface area contributed by atoms with Crippen LogP contribution in [0.3, 0.4) is 0 Å². The first-order valence-corrected chi connectivity index (χ1v) is 12.1. The summed E-state index contributed by atoms with van der Waals surface area (Å²) in [5.74, 6) is 1.02. The Morgan fingerprint density at radius 1 is 1.00 bits per heavy atom. The maximum Gasteiger partial charge on any atom is 0.341 e. The minimum atomic E-state index is -0.513. The average molecular weight is 496 g/mol. The number of ether oxygens (including phenoxy) is 4.